The largest absolute Gasteiger partial charge is 0.506 e. The Hall–Kier alpha value is -3.68. The summed E-state index contributed by atoms with van der Waals surface area (Å²) in [5.74, 6) is -0.887. The van der Waals surface area contributed by atoms with E-state index in [4.69, 9.17) is 9.47 Å². The zero-order valence-corrected chi connectivity index (χ0v) is 16.0. The van der Waals surface area contributed by atoms with Gasteiger partial charge in [0.1, 0.15) is 35.7 Å². The summed E-state index contributed by atoms with van der Waals surface area (Å²) in [4.78, 5) is 24.5. The molecule has 1 N–H and O–H groups in total. The van der Waals surface area contributed by atoms with Crippen LogP contribution >= 0.6 is 0 Å². The van der Waals surface area contributed by atoms with Crippen LogP contribution in [0.3, 0.4) is 0 Å². The lowest BCUT2D eigenvalue weighted by molar-refractivity contribution is -0.150. The highest BCUT2D eigenvalue weighted by atomic mass is 16.6. The summed E-state index contributed by atoms with van der Waals surface area (Å²) < 4.78 is 9.91. The van der Waals surface area contributed by atoms with Crippen LogP contribution in [0.5, 0.6) is 5.75 Å². The number of benzene rings is 2. The van der Waals surface area contributed by atoms with Crippen molar-refractivity contribution in [2.75, 3.05) is 13.2 Å². The molecule has 0 spiro atoms. The second-order valence-electron chi connectivity index (χ2n) is 6.44. The van der Waals surface area contributed by atoms with E-state index in [-0.39, 0.29) is 25.4 Å². The Kier molecular flexibility index (Phi) is 6.23. The molecule has 8 heteroatoms. The summed E-state index contributed by atoms with van der Waals surface area (Å²) >= 11 is 0. The number of hydrogen-bond acceptors (Lipinski definition) is 7. The van der Waals surface area contributed by atoms with E-state index in [1.165, 1.54) is 4.80 Å². The summed E-state index contributed by atoms with van der Waals surface area (Å²) in [5, 5.41) is 18.9. The van der Waals surface area contributed by atoms with Gasteiger partial charge in [0.05, 0.1) is 0 Å². The maximum Gasteiger partial charge on any atom is 0.333 e. The minimum Gasteiger partial charge on any atom is -0.506 e. The number of hydrogen-bond donors (Lipinski definition) is 1. The van der Waals surface area contributed by atoms with E-state index in [0.717, 1.165) is 5.56 Å². The lowest BCUT2D eigenvalue weighted by atomic mass is 10.1. The molecule has 0 amide bonds. The zero-order chi connectivity index (χ0) is 20.8. The highest BCUT2D eigenvalue weighted by molar-refractivity contribution is 5.86. The molecule has 0 saturated heterocycles. The number of aromatic nitrogens is 3. The number of ether oxygens (including phenoxy) is 2. The van der Waals surface area contributed by atoms with E-state index in [0.29, 0.717) is 28.7 Å². The Bertz CT molecular complexity index is 1020. The van der Waals surface area contributed by atoms with E-state index < -0.39 is 11.9 Å². The SMILES string of the molecule is C=C(C)C(=O)OCCOC(=O)CCc1ccc(O)c(-n2nc3ccccc3n2)c1. The summed E-state index contributed by atoms with van der Waals surface area (Å²) in [6.07, 6.45) is 0.561. The fourth-order valence-electron chi connectivity index (χ4n) is 2.58. The number of aromatic hydroxyl groups is 1. The molecular formula is C21H21N3O5. The summed E-state index contributed by atoms with van der Waals surface area (Å²) in [7, 11) is 0. The van der Waals surface area contributed by atoms with Crippen molar-refractivity contribution >= 4 is 23.0 Å². The number of fused-ring (bicyclic) bond motifs is 1. The van der Waals surface area contributed by atoms with E-state index in [9.17, 15) is 14.7 Å². The first-order chi connectivity index (χ1) is 13.9. The Labute approximate surface area is 167 Å². The molecule has 3 aromatic rings. The Morgan fingerprint density at radius 3 is 2.38 bits per heavy atom. The van der Waals surface area contributed by atoms with E-state index in [1.54, 1.807) is 25.1 Å². The summed E-state index contributed by atoms with van der Waals surface area (Å²) in [6, 6.07) is 12.4. The molecule has 0 aliphatic carbocycles. The highest BCUT2D eigenvalue weighted by Gasteiger charge is 2.11. The van der Waals surface area contributed by atoms with Crippen molar-refractivity contribution in [3.63, 3.8) is 0 Å². The van der Waals surface area contributed by atoms with Gasteiger partial charge in [-0.2, -0.15) is 0 Å². The fraction of sp³-hybridized carbons (Fsp3) is 0.238. The molecule has 0 aliphatic rings. The van der Waals surface area contributed by atoms with Crippen molar-refractivity contribution in [1.82, 2.24) is 15.0 Å². The third kappa shape index (κ3) is 5.19. The highest BCUT2D eigenvalue weighted by Crippen LogP contribution is 2.23. The monoisotopic (exact) mass is 395 g/mol. The average molecular weight is 395 g/mol. The number of phenolic OH excluding ortho intramolecular Hbond substituents is 1. The van der Waals surface area contributed by atoms with Crippen LogP contribution in [-0.2, 0) is 25.5 Å². The topological polar surface area (TPSA) is 104 Å². The van der Waals surface area contributed by atoms with Crippen LogP contribution in [0.25, 0.3) is 16.7 Å². The van der Waals surface area contributed by atoms with E-state index in [2.05, 4.69) is 16.8 Å². The van der Waals surface area contributed by atoms with Crippen LogP contribution in [0.4, 0.5) is 0 Å². The number of esters is 2. The molecule has 0 aliphatic heterocycles. The maximum atomic E-state index is 11.9. The molecule has 0 radical (unpaired) electrons. The second kappa shape index (κ2) is 9.01. The molecule has 0 unspecified atom stereocenters. The maximum absolute atomic E-state index is 11.9. The van der Waals surface area contributed by atoms with Gasteiger partial charge in [0.25, 0.3) is 0 Å². The molecule has 1 aromatic heterocycles. The lowest BCUT2D eigenvalue weighted by Gasteiger charge is -2.08. The summed E-state index contributed by atoms with van der Waals surface area (Å²) in [5.41, 5.74) is 2.98. The summed E-state index contributed by atoms with van der Waals surface area (Å²) in [6.45, 7) is 4.99. The predicted molar refractivity (Wildman–Crippen MR) is 106 cm³/mol. The van der Waals surface area contributed by atoms with Crippen LogP contribution in [0.2, 0.25) is 0 Å². The molecule has 0 bridgehead atoms. The van der Waals surface area contributed by atoms with Crippen molar-refractivity contribution < 1.29 is 24.2 Å². The van der Waals surface area contributed by atoms with Crippen LogP contribution in [0.1, 0.15) is 18.9 Å². The van der Waals surface area contributed by atoms with Gasteiger partial charge < -0.3 is 14.6 Å². The first-order valence-electron chi connectivity index (χ1n) is 9.06. The van der Waals surface area contributed by atoms with Gasteiger partial charge in [0, 0.05) is 12.0 Å². The minimum atomic E-state index is -0.516. The molecular weight excluding hydrogens is 374 g/mol. The van der Waals surface area contributed by atoms with Gasteiger partial charge in [-0.25, -0.2) is 4.79 Å². The molecule has 29 heavy (non-hydrogen) atoms. The normalized spacial score (nSPS) is 10.7. The molecule has 150 valence electrons. The molecule has 0 fully saturated rings. The van der Waals surface area contributed by atoms with Crippen LogP contribution in [0, 0.1) is 0 Å². The molecule has 2 aromatic carbocycles. The van der Waals surface area contributed by atoms with Gasteiger partial charge in [-0.1, -0.05) is 24.8 Å². The third-order valence-electron chi connectivity index (χ3n) is 4.09. The fourth-order valence-corrected chi connectivity index (χ4v) is 2.58. The zero-order valence-electron chi connectivity index (χ0n) is 16.0. The molecule has 3 rings (SSSR count). The minimum absolute atomic E-state index is 0.0114. The number of aryl methyl sites for hydroxylation is 1. The van der Waals surface area contributed by atoms with Crippen LogP contribution in [-0.4, -0.2) is 45.3 Å². The first-order valence-corrected chi connectivity index (χ1v) is 9.06. The van der Waals surface area contributed by atoms with Gasteiger partial charge in [0.2, 0.25) is 0 Å². The van der Waals surface area contributed by atoms with Crippen molar-refractivity contribution in [2.24, 2.45) is 0 Å². The van der Waals surface area contributed by atoms with Gasteiger partial charge in [-0.3, -0.25) is 4.79 Å². The van der Waals surface area contributed by atoms with Crippen molar-refractivity contribution in [2.45, 2.75) is 19.8 Å². The van der Waals surface area contributed by atoms with Gasteiger partial charge in [0.15, 0.2) is 0 Å². The Balaban J connectivity index is 1.56. The van der Waals surface area contributed by atoms with Crippen molar-refractivity contribution in [1.29, 1.82) is 0 Å². The number of carbonyl (C=O) groups excluding carboxylic acids is 2. The lowest BCUT2D eigenvalue weighted by Crippen LogP contribution is -2.14. The van der Waals surface area contributed by atoms with Crippen molar-refractivity contribution in [3.8, 4) is 11.4 Å². The van der Waals surface area contributed by atoms with Crippen molar-refractivity contribution in [3.05, 3.63) is 60.2 Å². The molecule has 0 saturated carbocycles. The Morgan fingerprint density at radius 2 is 1.72 bits per heavy atom. The van der Waals surface area contributed by atoms with E-state index in [1.807, 2.05) is 24.3 Å². The second-order valence-corrected chi connectivity index (χ2v) is 6.44. The quantitative estimate of drug-likeness (QED) is 0.355. The van der Waals surface area contributed by atoms with Gasteiger partial charge >= 0.3 is 11.9 Å². The number of nitrogens with zero attached hydrogens (tertiary/aromatic N) is 3. The number of phenols is 1. The van der Waals surface area contributed by atoms with Crippen LogP contribution < -0.4 is 0 Å². The van der Waals surface area contributed by atoms with E-state index >= 15 is 0 Å². The van der Waals surface area contributed by atoms with Gasteiger partial charge in [-0.15, -0.1) is 15.0 Å². The smallest absolute Gasteiger partial charge is 0.333 e. The van der Waals surface area contributed by atoms with Crippen LogP contribution in [0.15, 0.2) is 54.6 Å². The first kappa shape index (κ1) is 20.1. The molecule has 1 heterocycles. The molecule has 0 atom stereocenters. The van der Waals surface area contributed by atoms with Gasteiger partial charge in [-0.05, 0) is 43.2 Å². The number of rotatable bonds is 8. The third-order valence-corrected chi connectivity index (χ3v) is 4.09. The standard InChI is InChI=1S/C21H21N3O5/c1-14(2)21(27)29-12-11-28-20(26)10-8-15-7-9-19(25)18(13-15)24-22-16-5-3-4-6-17(16)23-24/h3-7,9,13,25H,1,8,10-12H2,2H3. The average Bonchev–Trinajstić information content (AvgIpc) is 3.14. The predicted octanol–water partition coefficient (Wildman–Crippen LogP) is 2.72. The molecule has 8 nitrogen and oxygen atoms in total. The number of carbonyl (C=O) groups is 2. The Morgan fingerprint density at radius 1 is 1.07 bits per heavy atom.